The first-order chi connectivity index (χ1) is 13.5. The summed E-state index contributed by atoms with van der Waals surface area (Å²) in [4.78, 5) is 53.5. The molecule has 0 aromatic heterocycles. The molecule has 12 heteroatoms. The first-order valence-electron chi connectivity index (χ1n) is 9.49. The molecule has 4 atom stereocenters. The minimum absolute atomic E-state index is 0.0802. The van der Waals surface area contributed by atoms with Crippen molar-refractivity contribution in [2.24, 2.45) is 22.2 Å². The van der Waals surface area contributed by atoms with Crippen LogP contribution in [0.15, 0.2) is 4.99 Å². The van der Waals surface area contributed by atoms with Gasteiger partial charge in [0.25, 0.3) is 0 Å². The molecule has 0 radical (unpaired) electrons. The van der Waals surface area contributed by atoms with Crippen LogP contribution in [0.5, 0.6) is 0 Å². The Hall–Kier alpha value is -2.89. The Bertz CT molecular complexity index is 648. The van der Waals surface area contributed by atoms with E-state index in [9.17, 15) is 24.3 Å². The topological polar surface area (TPSA) is 206 Å². The first-order valence-corrected chi connectivity index (χ1v) is 9.49. The van der Waals surface area contributed by atoms with Gasteiger partial charge in [-0.25, -0.2) is 4.79 Å². The van der Waals surface area contributed by atoms with Crippen LogP contribution in [0.1, 0.15) is 39.5 Å². The number of nitrogens with two attached hydrogens (primary N) is 3. The molecule has 164 valence electrons. The van der Waals surface area contributed by atoms with Crippen LogP contribution in [0.25, 0.3) is 0 Å². The summed E-state index contributed by atoms with van der Waals surface area (Å²) >= 11 is 0. The molecule has 4 unspecified atom stereocenters. The fourth-order valence-corrected chi connectivity index (χ4v) is 2.99. The second kappa shape index (κ2) is 11.2. The van der Waals surface area contributed by atoms with E-state index in [1.165, 1.54) is 18.7 Å². The van der Waals surface area contributed by atoms with Crippen molar-refractivity contribution < 1.29 is 24.3 Å². The number of rotatable bonds is 10. The molecule has 1 heterocycles. The Morgan fingerprint density at radius 3 is 2.38 bits per heavy atom. The standard InChI is InChI=1S/C17H31N7O5/c1-9(18)13(25)23-11(5-3-7-21-17(19)20)14(26)22-10(2)15(27)24-8-4-6-12(24)16(28)29/h9-12H,3-8,18H2,1-2H3,(H,22,26)(H,23,25)(H,28,29)(H4,19,20,21). The summed E-state index contributed by atoms with van der Waals surface area (Å²) in [5.74, 6) is -2.73. The molecule has 1 rings (SSSR count). The Kier molecular flexibility index (Phi) is 9.32. The highest BCUT2D eigenvalue weighted by Gasteiger charge is 2.36. The fourth-order valence-electron chi connectivity index (χ4n) is 2.99. The smallest absolute Gasteiger partial charge is 0.326 e. The average Bonchev–Trinajstić information content (AvgIpc) is 3.12. The van der Waals surface area contributed by atoms with Crippen LogP contribution in [0.2, 0.25) is 0 Å². The van der Waals surface area contributed by atoms with Gasteiger partial charge < -0.3 is 37.8 Å². The van der Waals surface area contributed by atoms with Gasteiger partial charge in [-0.3, -0.25) is 19.4 Å². The van der Waals surface area contributed by atoms with Gasteiger partial charge in [-0.05, 0) is 39.5 Å². The van der Waals surface area contributed by atoms with E-state index in [1.807, 2.05) is 0 Å². The number of carbonyl (C=O) groups is 4. The van der Waals surface area contributed by atoms with Crippen molar-refractivity contribution in [1.29, 1.82) is 0 Å². The fraction of sp³-hybridized carbons (Fsp3) is 0.706. The highest BCUT2D eigenvalue weighted by Crippen LogP contribution is 2.18. The molecule has 1 aliphatic rings. The third-order valence-corrected chi connectivity index (χ3v) is 4.54. The maximum absolute atomic E-state index is 12.6. The maximum atomic E-state index is 12.6. The number of aliphatic imine (C=N–C) groups is 1. The first kappa shape index (κ1) is 24.1. The number of guanidine groups is 1. The Morgan fingerprint density at radius 2 is 1.83 bits per heavy atom. The van der Waals surface area contributed by atoms with Crippen LogP contribution < -0.4 is 27.8 Å². The van der Waals surface area contributed by atoms with Gasteiger partial charge in [0.1, 0.15) is 18.1 Å². The Balaban J connectivity index is 2.75. The maximum Gasteiger partial charge on any atom is 0.326 e. The second-order valence-corrected chi connectivity index (χ2v) is 7.06. The summed E-state index contributed by atoms with van der Waals surface area (Å²) in [5, 5.41) is 14.3. The monoisotopic (exact) mass is 413 g/mol. The van der Waals surface area contributed by atoms with Crippen LogP contribution in [-0.4, -0.2) is 76.9 Å². The number of nitrogens with one attached hydrogen (secondary N) is 2. The van der Waals surface area contributed by atoms with Gasteiger partial charge in [-0.15, -0.1) is 0 Å². The molecule has 1 fully saturated rings. The number of aliphatic carboxylic acids is 1. The molecule has 29 heavy (non-hydrogen) atoms. The zero-order valence-corrected chi connectivity index (χ0v) is 16.8. The molecule has 0 spiro atoms. The lowest BCUT2D eigenvalue weighted by Gasteiger charge is -2.27. The summed E-state index contributed by atoms with van der Waals surface area (Å²) < 4.78 is 0. The number of nitrogens with zero attached hydrogens (tertiary/aromatic N) is 2. The van der Waals surface area contributed by atoms with Gasteiger partial charge in [0, 0.05) is 13.1 Å². The molecule has 12 nitrogen and oxygen atoms in total. The van der Waals surface area contributed by atoms with Gasteiger partial charge >= 0.3 is 5.97 Å². The third-order valence-electron chi connectivity index (χ3n) is 4.54. The quantitative estimate of drug-likeness (QED) is 0.127. The number of carboxylic acids is 1. The van der Waals surface area contributed by atoms with E-state index in [1.54, 1.807) is 0 Å². The van der Waals surface area contributed by atoms with E-state index in [-0.39, 0.29) is 18.9 Å². The zero-order valence-electron chi connectivity index (χ0n) is 16.8. The molecular weight excluding hydrogens is 382 g/mol. The van der Waals surface area contributed by atoms with E-state index in [2.05, 4.69) is 15.6 Å². The van der Waals surface area contributed by atoms with Crippen molar-refractivity contribution in [2.45, 2.75) is 63.7 Å². The van der Waals surface area contributed by atoms with E-state index in [0.29, 0.717) is 25.8 Å². The van der Waals surface area contributed by atoms with Gasteiger partial charge in [0.15, 0.2) is 5.96 Å². The van der Waals surface area contributed by atoms with Gasteiger partial charge in [0.2, 0.25) is 17.7 Å². The van der Waals surface area contributed by atoms with Gasteiger partial charge in [-0.2, -0.15) is 0 Å². The van der Waals surface area contributed by atoms with Crippen molar-refractivity contribution in [2.75, 3.05) is 13.1 Å². The molecule has 1 saturated heterocycles. The van der Waals surface area contributed by atoms with Crippen LogP contribution >= 0.6 is 0 Å². The van der Waals surface area contributed by atoms with Crippen molar-refractivity contribution >= 4 is 29.7 Å². The summed E-state index contributed by atoms with van der Waals surface area (Å²) in [7, 11) is 0. The summed E-state index contributed by atoms with van der Waals surface area (Å²) in [5.41, 5.74) is 16.1. The zero-order chi connectivity index (χ0) is 22.1. The highest BCUT2D eigenvalue weighted by atomic mass is 16.4. The predicted molar refractivity (Wildman–Crippen MR) is 105 cm³/mol. The van der Waals surface area contributed by atoms with Crippen LogP contribution in [-0.2, 0) is 19.2 Å². The molecule has 1 aliphatic heterocycles. The molecule has 3 amide bonds. The predicted octanol–water partition coefficient (Wildman–Crippen LogP) is -2.55. The van der Waals surface area contributed by atoms with Crippen LogP contribution in [0, 0.1) is 0 Å². The Labute approximate surface area is 169 Å². The summed E-state index contributed by atoms with van der Waals surface area (Å²) in [6.45, 7) is 3.54. The van der Waals surface area contributed by atoms with Crippen molar-refractivity contribution in [3.05, 3.63) is 0 Å². The second-order valence-electron chi connectivity index (χ2n) is 7.06. The Morgan fingerprint density at radius 1 is 1.17 bits per heavy atom. The number of hydrogen-bond acceptors (Lipinski definition) is 6. The molecule has 0 aromatic carbocycles. The number of likely N-dealkylation sites (tertiary alicyclic amines) is 1. The molecule has 0 aliphatic carbocycles. The number of carboxylic acid groups (broad SMARTS) is 1. The summed E-state index contributed by atoms with van der Waals surface area (Å²) in [6.07, 6.45) is 1.59. The molecule has 0 bridgehead atoms. The number of amides is 3. The average molecular weight is 413 g/mol. The lowest BCUT2D eigenvalue weighted by Crippen LogP contribution is -2.56. The molecule has 0 saturated carbocycles. The van der Waals surface area contributed by atoms with E-state index >= 15 is 0 Å². The van der Waals surface area contributed by atoms with Gasteiger partial charge in [0.05, 0.1) is 6.04 Å². The van der Waals surface area contributed by atoms with Crippen LogP contribution in [0.4, 0.5) is 0 Å². The minimum atomic E-state index is -1.07. The van der Waals surface area contributed by atoms with Crippen molar-refractivity contribution in [3.8, 4) is 0 Å². The van der Waals surface area contributed by atoms with E-state index < -0.39 is 47.9 Å². The highest BCUT2D eigenvalue weighted by molar-refractivity contribution is 5.94. The largest absolute Gasteiger partial charge is 0.480 e. The number of hydrogen-bond donors (Lipinski definition) is 6. The van der Waals surface area contributed by atoms with Crippen molar-refractivity contribution in [1.82, 2.24) is 15.5 Å². The van der Waals surface area contributed by atoms with Crippen molar-refractivity contribution in [3.63, 3.8) is 0 Å². The molecule has 0 aromatic rings. The van der Waals surface area contributed by atoms with Gasteiger partial charge in [-0.1, -0.05) is 0 Å². The van der Waals surface area contributed by atoms with E-state index in [0.717, 1.165) is 0 Å². The third kappa shape index (κ3) is 7.56. The normalized spacial score (nSPS) is 19.0. The lowest BCUT2D eigenvalue weighted by atomic mass is 10.1. The molecular formula is C17H31N7O5. The van der Waals surface area contributed by atoms with Crippen LogP contribution in [0.3, 0.4) is 0 Å². The lowest BCUT2D eigenvalue weighted by molar-refractivity contribution is -0.149. The minimum Gasteiger partial charge on any atom is -0.480 e. The SMILES string of the molecule is CC(N)C(=O)NC(CCCN=C(N)N)C(=O)NC(C)C(=O)N1CCCC1C(=O)O. The number of carbonyl (C=O) groups excluding carboxylic acids is 3. The van der Waals surface area contributed by atoms with E-state index in [4.69, 9.17) is 17.2 Å². The molecule has 9 N–H and O–H groups in total. The summed E-state index contributed by atoms with van der Waals surface area (Å²) in [6, 6.07) is -3.60.